The fourth-order valence-electron chi connectivity index (χ4n) is 18.0. The standard InChI is InChI=1S/C50H32O.2C48H30O/c1-4-14-37-32(11-1)25-28-47-50(37)45-29-34(26-27-46(45)51-47)31-21-23-33(24-22-31)48-40-17-7-9-19-42(40)49(43-20-10-8-18-41(43)48)44-30-35-12-2-3-13-36(35)38-15-5-6-16-39(38)44;1-2-11-31(12-3-1)35-14-10-15-37(29-35)47-41-19-8-6-17-39(41)46(40-18-7-9-20-42(40)47)34-23-21-32(22-24-34)36-26-27-44-43(30-36)48-38-16-5-4-13-33(38)25-28-45(48)49-44;1-2-10-31(11-3-1)32-18-22-35(23-19-32)46-39-14-6-8-16-41(39)47(42-17-9-7-15-40(42)46)36-24-20-33(21-25-36)37-27-28-44-43(30-37)48-38-13-5-4-12-34(38)26-29-45(48)49-44/h1-4,7-30H,5-6H2;2*1-30H/i3*1D,2D,3D,4D,5D,6D,7D,8D,9D,10D,11D,12D,13D,14D,15D,16D,17D,18D,19D,20D,21D,22D,23D,24D,25D,26D,27D,28D,29D,30D. The largest absolute Gasteiger partial charge is 0.456 e. The van der Waals surface area contributed by atoms with Crippen LogP contribution in [-0.2, 0) is 0 Å². The summed E-state index contributed by atoms with van der Waals surface area (Å²) in [7, 11) is 0. The third-order valence-corrected chi connectivity index (χ3v) is 24.3. The minimum atomic E-state index is -1.95. The van der Waals surface area contributed by atoms with E-state index in [1.807, 2.05) is 0 Å². The molecule has 0 spiro atoms. The van der Waals surface area contributed by atoms with Crippen LogP contribution in [0.3, 0.4) is 0 Å². The van der Waals surface area contributed by atoms with Crippen molar-refractivity contribution in [2.45, 2.75) is 12.8 Å². The third-order valence-electron chi connectivity index (χ3n) is 24.3. The summed E-state index contributed by atoms with van der Waals surface area (Å²) in [6.45, 7) is 0. The zero-order valence-corrected chi connectivity index (χ0v) is 74.4. The molecule has 30 aromatic rings. The van der Waals surface area contributed by atoms with Crippen LogP contribution in [0, 0.1) is 0 Å². The lowest BCUT2D eigenvalue weighted by atomic mass is 9.84. The molecule has 0 saturated heterocycles. The Bertz CT molecular complexity index is 16500. The highest BCUT2D eigenvalue weighted by atomic mass is 16.3. The van der Waals surface area contributed by atoms with Crippen molar-refractivity contribution in [3.05, 3.63) is 530 Å². The van der Waals surface area contributed by atoms with E-state index in [9.17, 15) is 50.7 Å². The molecule has 149 heavy (non-hydrogen) atoms. The Morgan fingerprint density at radius 3 is 0.698 bits per heavy atom. The predicted octanol–water partition coefficient (Wildman–Crippen LogP) is 40.0. The maximum absolute atomic E-state index is 9.85. The molecule has 3 aromatic heterocycles. The average molecular weight is 1980 g/mol. The molecule has 0 radical (unpaired) electrons. The predicted molar refractivity (Wildman–Crippen MR) is 633 cm³/mol. The Labute approximate surface area is 986 Å². The van der Waals surface area contributed by atoms with Gasteiger partial charge in [-0.25, -0.2) is 0 Å². The second-order valence-electron chi connectivity index (χ2n) is 32.4. The maximum Gasteiger partial charge on any atom is 0.136 e. The fraction of sp³-hybridized carbons (Fsp3) is 0.0137. The van der Waals surface area contributed by atoms with E-state index in [1.165, 1.54) is 0 Å². The van der Waals surface area contributed by atoms with Gasteiger partial charge in [0, 0.05) is 35.1 Å². The van der Waals surface area contributed by atoms with Crippen LogP contribution < -0.4 is 10.4 Å². The molecule has 31 rings (SSSR count). The molecule has 1 aliphatic rings. The molecule has 2 atom stereocenters. The van der Waals surface area contributed by atoms with Crippen LogP contribution in [0.2, 0.25) is 0 Å². The van der Waals surface area contributed by atoms with Gasteiger partial charge < -0.3 is 13.3 Å². The first-order valence-electron chi connectivity index (χ1n) is 89.3. The Morgan fingerprint density at radius 1 is 0.141 bits per heavy atom. The number of fused-ring (bicyclic) bond motifs is 24. The molecule has 1 aliphatic carbocycles. The number of hydrogen-bond donors (Lipinski definition) is 0. The van der Waals surface area contributed by atoms with Gasteiger partial charge in [-0.3, -0.25) is 0 Å². The van der Waals surface area contributed by atoms with Gasteiger partial charge in [-0.15, -0.1) is 0 Å². The summed E-state index contributed by atoms with van der Waals surface area (Å²) in [5.41, 5.74) is -21.5. The number of rotatable bonds is 11. The van der Waals surface area contributed by atoms with Crippen molar-refractivity contribution < 1.29 is 137 Å². The molecule has 0 N–H and O–H groups in total. The molecule has 2 unspecified atom stereocenters. The van der Waals surface area contributed by atoms with Crippen LogP contribution in [0.1, 0.15) is 136 Å². The van der Waals surface area contributed by atoms with Crippen LogP contribution in [0.4, 0.5) is 0 Å². The first-order valence-corrected chi connectivity index (χ1v) is 44.1. The highest BCUT2D eigenvalue weighted by Crippen LogP contribution is 2.51. The first kappa shape index (κ1) is 35.0. The smallest absolute Gasteiger partial charge is 0.136 e. The third kappa shape index (κ3) is 14.8. The van der Waals surface area contributed by atoms with Gasteiger partial charge in [-0.1, -0.05) is 465 Å². The van der Waals surface area contributed by atoms with E-state index >= 15 is 0 Å². The lowest BCUT2D eigenvalue weighted by Gasteiger charge is -2.19. The normalized spacial score (nSPS) is 21.7. The van der Waals surface area contributed by atoms with E-state index in [-0.39, 0.29) is 16.2 Å². The first-order chi connectivity index (χ1) is 111. The molecule has 3 heterocycles. The summed E-state index contributed by atoms with van der Waals surface area (Å²) >= 11 is 0. The number of furan rings is 3. The quantitative estimate of drug-likeness (QED) is 0.121. The van der Waals surface area contributed by atoms with Crippen LogP contribution in [0.25, 0.3) is 308 Å². The van der Waals surface area contributed by atoms with E-state index in [0.29, 0.717) is 0 Å². The molecule has 3 heteroatoms. The highest BCUT2D eigenvalue weighted by molar-refractivity contribution is 6.27. The van der Waals surface area contributed by atoms with Crippen molar-refractivity contribution in [3.63, 3.8) is 0 Å². The Hall–Kier alpha value is -19.3. The highest BCUT2D eigenvalue weighted by Gasteiger charge is 2.26. The van der Waals surface area contributed by atoms with Crippen LogP contribution in [0.15, 0.2) is 533 Å². The number of hydrogen-bond acceptors (Lipinski definition) is 3. The van der Waals surface area contributed by atoms with E-state index < -0.39 is 835 Å². The van der Waals surface area contributed by atoms with Gasteiger partial charge in [-0.2, -0.15) is 0 Å². The monoisotopic (exact) mass is 1980 g/mol. The van der Waals surface area contributed by atoms with E-state index in [1.54, 1.807) is 0 Å². The molecule has 3 nitrogen and oxygen atoms in total. The minimum absolute atomic E-state index is 0.378. The lowest BCUT2D eigenvalue weighted by molar-refractivity contribution is 0.669. The zero-order valence-electron chi connectivity index (χ0n) is 164. The summed E-state index contributed by atoms with van der Waals surface area (Å²) in [6.07, 6.45) is -3.83. The summed E-state index contributed by atoms with van der Waals surface area (Å²) in [6, 6.07) is -83.5. The Balaban J connectivity index is 0.000000149. The van der Waals surface area contributed by atoms with Crippen molar-refractivity contribution in [1.29, 1.82) is 0 Å². The molecular weight excluding hydrogens is 1800 g/mol. The molecule has 0 bridgehead atoms. The Kier molecular flexibility index (Phi) is 8.44. The second-order valence-corrected chi connectivity index (χ2v) is 32.4. The summed E-state index contributed by atoms with van der Waals surface area (Å²) in [5, 5.41) is -17.1. The van der Waals surface area contributed by atoms with Gasteiger partial charge in [0.2, 0.25) is 0 Å². The summed E-state index contributed by atoms with van der Waals surface area (Å²) in [5.74, 6) is 0. The Morgan fingerprint density at radius 2 is 0.362 bits per heavy atom. The molecule has 0 amide bonds. The van der Waals surface area contributed by atoms with Gasteiger partial charge >= 0.3 is 0 Å². The van der Waals surface area contributed by atoms with Gasteiger partial charge in [0.05, 0.1) is 121 Å². The van der Waals surface area contributed by atoms with Crippen LogP contribution in [-0.4, -0.2) is 0 Å². The number of benzene rings is 27. The zero-order chi connectivity index (χ0) is 176. The van der Waals surface area contributed by atoms with E-state index in [4.69, 9.17) is 85.9 Å². The van der Waals surface area contributed by atoms with Crippen LogP contribution >= 0.6 is 0 Å². The molecular formula is C146H92O3. The fourth-order valence-corrected chi connectivity index (χ4v) is 18.0. The summed E-state index contributed by atoms with van der Waals surface area (Å²) < 4.78 is 829. The van der Waals surface area contributed by atoms with Gasteiger partial charge in [0.1, 0.15) is 33.5 Å². The maximum atomic E-state index is 9.85. The van der Waals surface area contributed by atoms with Crippen molar-refractivity contribution in [2.24, 2.45) is 0 Å². The van der Waals surface area contributed by atoms with Gasteiger partial charge in [0.15, 0.2) is 0 Å². The molecule has 27 aromatic carbocycles. The molecule has 694 valence electrons. The van der Waals surface area contributed by atoms with E-state index in [0.717, 1.165) is 0 Å². The van der Waals surface area contributed by atoms with Crippen molar-refractivity contribution in [2.75, 3.05) is 0 Å². The van der Waals surface area contributed by atoms with Gasteiger partial charge in [-0.05, 0) is 320 Å². The molecule has 0 saturated carbocycles. The van der Waals surface area contributed by atoms with Crippen molar-refractivity contribution in [3.8, 4) is 122 Å². The lowest BCUT2D eigenvalue weighted by Crippen LogP contribution is -2.29. The van der Waals surface area contributed by atoms with Crippen molar-refractivity contribution in [1.82, 2.24) is 0 Å². The molecule has 0 fully saturated rings. The van der Waals surface area contributed by atoms with E-state index in [2.05, 4.69) is 0 Å². The topological polar surface area (TPSA) is 39.4 Å². The summed E-state index contributed by atoms with van der Waals surface area (Å²) in [4.78, 5) is 0. The second kappa shape index (κ2) is 35.9. The van der Waals surface area contributed by atoms with Crippen molar-refractivity contribution >= 4 is 186 Å². The SMILES string of the molecule is [2H]C1=c2c(-c3c4c([2H])c([2H])c([2H])c([2H])c4c(-c4c([2H])c([2H])c(-c5c([2H])c([2H])c6oc7c([2H])c([2H])c8c([2H])c([2H])c([2H])c([2H])c8c7c6c5[2H])c([2H])c4[2H])c4c([2H])c([2H])c([2H])c([2H])c34)c([2H])c3c([2H])c([2H])c([2H])c([2H])c3c2=C([2H])C([2H])C1[2H].[2H]c1c([2H])c([2H])c(-c2c([2H])c([2H])c(-c3c4c([2H])c([2H])c([2H])c([2H])c4c(-c4c([2H])c([2H])c(-c5c([2H])c([2H])c6oc7c([2H])c([2H])c8c([2H])c([2H])c([2H])c([2H])c8c7c6c5[2H])c([2H])c4[2H])c4c([2H])c([2H])c([2H])c([2H])c34)c([2H])c2[2H])c([2H])c1[2H].[2H]c1c([2H])c([2H])c(-c2c([2H])c([2H])c([2H])c(-c3c4c([2H])c([2H])c([2H])c([2H])c4c(-c4c([2H])c([2H])c(-c5c([2H])c([2H])c6oc7c([2H])c([2H])c8c([2H])c([2H])c([2H])c([2H])c8c7c6c5[2H])c([2H])c4[2H])c4c([2H])c([2H])c([2H])c([2H])c34)c2[2H])c([2H])c1[2H]. The molecule has 0 aliphatic heterocycles. The average Bonchev–Trinajstić information content (AvgIpc) is 1.31. The van der Waals surface area contributed by atoms with Crippen LogP contribution in [0.5, 0.6) is 0 Å². The van der Waals surface area contributed by atoms with Gasteiger partial charge in [0.25, 0.3) is 0 Å². The minimum Gasteiger partial charge on any atom is -0.456 e.